The number of nitrogens with zero attached hydrogens (tertiary/aromatic N) is 1. The quantitative estimate of drug-likeness (QED) is 0.620. The van der Waals surface area contributed by atoms with E-state index >= 15 is 0 Å². The van der Waals surface area contributed by atoms with E-state index in [4.69, 9.17) is 9.47 Å². The topological polar surface area (TPSA) is 55.8 Å². The van der Waals surface area contributed by atoms with Crippen molar-refractivity contribution in [1.29, 1.82) is 0 Å². The van der Waals surface area contributed by atoms with Gasteiger partial charge in [0, 0.05) is 12.5 Å². The Kier molecular flexibility index (Phi) is 3.21. The van der Waals surface area contributed by atoms with Gasteiger partial charge in [0.25, 0.3) is 0 Å². The van der Waals surface area contributed by atoms with Crippen LogP contribution in [0.15, 0.2) is 0 Å². The molecule has 1 aliphatic heterocycles. The van der Waals surface area contributed by atoms with Gasteiger partial charge >= 0.3 is 12.2 Å². The fraction of sp³-hybridized carbons (Fsp3) is 0.800. The third-order valence-corrected chi connectivity index (χ3v) is 1.82. The van der Waals surface area contributed by atoms with Crippen molar-refractivity contribution in [2.45, 2.75) is 33.3 Å². The van der Waals surface area contributed by atoms with Crippen LogP contribution in [0.5, 0.6) is 0 Å². The fourth-order valence-corrected chi connectivity index (χ4v) is 1.20. The van der Waals surface area contributed by atoms with Crippen LogP contribution >= 0.6 is 0 Å². The Morgan fingerprint density at radius 1 is 1.53 bits per heavy atom. The molecule has 1 atom stereocenters. The van der Waals surface area contributed by atoms with E-state index in [-0.39, 0.29) is 5.92 Å². The summed E-state index contributed by atoms with van der Waals surface area (Å²) in [5.74, 6) is 0.148. The second kappa shape index (κ2) is 4.08. The molecule has 0 aromatic rings. The molecule has 1 rings (SSSR count). The molecular formula is C10H17NO4. The normalized spacial score (nSPS) is 22.3. The molecule has 1 heterocycles. The minimum Gasteiger partial charge on any atom is -0.449 e. The van der Waals surface area contributed by atoms with Gasteiger partial charge in [-0.2, -0.15) is 0 Å². The van der Waals surface area contributed by atoms with Crippen LogP contribution in [0.3, 0.4) is 0 Å². The molecule has 1 fully saturated rings. The predicted octanol–water partition coefficient (Wildman–Crippen LogP) is 2.01. The predicted molar refractivity (Wildman–Crippen MR) is 53.5 cm³/mol. The Balaban J connectivity index is 2.61. The summed E-state index contributed by atoms with van der Waals surface area (Å²) in [6.07, 6.45) is -1.26. The van der Waals surface area contributed by atoms with Crippen LogP contribution in [-0.4, -0.2) is 35.8 Å². The van der Waals surface area contributed by atoms with E-state index in [0.717, 1.165) is 4.90 Å². The maximum atomic E-state index is 11.6. The van der Waals surface area contributed by atoms with Crippen molar-refractivity contribution in [2.24, 2.45) is 5.92 Å². The first-order chi connectivity index (χ1) is 6.79. The molecule has 1 saturated heterocycles. The Morgan fingerprint density at radius 2 is 2.13 bits per heavy atom. The first-order valence-corrected chi connectivity index (χ1v) is 4.97. The van der Waals surface area contributed by atoms with E-state index in [1.54, 1.807) is 20.8 Å². The van der Waals surface area contributed by atoms with Crippen LogP contribution in [-0.2, 0) is 9.47 Å². The molecule has 0 bridgehead atoms. The van der Waals surface area contributed by atoms with Gasteiger partial charge in [-0.3, -0.25) is 0 Å². The standard InChI is InChI=1S/C10H17NO4/c1-7-5-11(8(12)14-6-7)9(13)15-10(2,3)4/h7H,5-6H2,1-4H3. The van der Waals surface area contributed by atoms with Gasteiger partial charge in [0.2, 0.25) is 0 Å². The van der Waals surface area contributed by atoms with E-state index in [0.29, 0.717) is 13.2 Å². The molecule has 2 amide bonds. The lowest BCUT2D eigenvalue weighted by Crippen LogP contribution is -2.47. The van der Waals surface area contributed by atoms with Crippen LogP contribution in [0.25, 0.3) is 0 Å². The van der Waals surface area contributed by atoms with E-state index in [1.165, 1.54) is 0 Å². The number of amides is 2. The Morgan fingerprint density at radius 3 is 2.67 bits per heavy atom. The lowest BCUT2D eigenvalue weighted by Gasteiger charge is -2.30. The van der Waals surface area contributed by atoms with Gasteiger partial charge < -0.3 is 9.47 Å². The Bertz CT molecular complexity index is 269. The summed E-state index contributed by atoms with van der Waals surface area (Å²) in [5, 5.41) is 0. The summed E-state index contributed by atoms with van der Waals surface area (Å²) in [6.45, 7) is 7.88. The number of carbonyl (C=O) groups is 2. The summed E-state index contributed by atoms with van der Waals surface area (Å²) in [6, 6.07) is 0. The van der Waals surface area contributed by atoms with Crippen molar-refractivity contribution in [1.82, 2.24) is 4.90 Å². The van der Waals surface area contributed by atoms with Gasteiger partial charge in [0.05, 0.1) is 6.61 Å². The molecule has 15 heavy (non-hydrogen) atoms. The molecular weight excluding hydrogens is 198 g/mol. The molecule has 0 aliphatic carbocycles. The van der Waals surface area contributed by atoms with Crippen molar-refractivity contribution < 1.29 is 19.1 Å². The molecule has 1 aliphatic rings. The first-order valence-electron chi connectivity index (χ1n) is 4.97. The monoisotopic (exact) mass is 215 g/mol. The van der Waals surface area contributed by atoms with Crippen molar-refractivity contribution in [3.05, 3.63) is 0 Å². The number of rotatable bonds is 0. The van der Waals surface area contributed by atoms with E-state index in [2.05, 4.69) is 0 Å². The Labute approximate surface area is 89.3 Å². The molecule has 0 aromatic carbocycles. The zero-order valence-corrected chi connectivity index (χ0v) is 9.57. The largest absolute Gasteiger partial charge is 0.449 e. The number of hydrogen-bond donors (Lipinski definition) is 0. The molecule has 1 unspecified atom stereocenters. The highest BCUT2D eigenvalue weighted by Gasteiger charge is 2.33. The minimum absolute atomic E-state index is 0.148. The second-order valence-corrected chi connectivity index (χ2v) is 4.77. The molecule has 5 heteroatoms. The summed E-state index contributed by atoms with van der Waals surface area (Å²) >= 11 is 0. The summed E-state index contributed by atoms with van der Waals surface area (Å²) in [5.41, 5.74) is -0.599. The van der Waals surface area contributed by atoms with Gasteiger partial charge in [0.15, 0.2) is 0 Å². The highest BCUT2D eigenvalue weighted by molar-refractivity contribution is 5.88. The lowest BCUT2D eigenvalue weighted by atomic mass is 10.1. The first kappa shape index (κ1) is 11.8. The van der Waals surface area contributed by atoms with E-state index in [9.17, 15) is 9.59 Å². The molecule has 0 radical (unpaired) electrons. The number of imide groups is 1. The summed E-state index contributed by atoms with van der Waals surface area (Å²) in [7, 11) is 0. The number of hydrogen-bond acceptors (Lipinski definition) is 4. The highest BCUT2D eigenvalue weighted by atomic mass is 16.6. The molecule has 0 N–H and O–H groups in total. The number of ether oxygens (including phenoxy) is 2. The van der Waals surface area contributed by atoms with Crippen molar-refractivity contribution in [3.63, 3.8) is 0 Å². The Hall–Kier alpha value is -1.26. The highest BCUT2D eigenvalue weighted by Crippen LogP contribution is 2.15. The molecule has 0 aromatic heterocycles. The van der Waals surface area contributed by atoms with Crippen LogP contribution in [0.2, 0.25) is 0 Å². The molecule has 5 nitrogen and oxygen atoms in total. The van der Waals surface area contributed by atoms with Crippen LogP contribution in [0.4, 0.5) is 9.59 Å². The average molecular weight is 215 g/mol. The summed E-state index contributed by atoms with van der Waals surface area (Å²) in [4.78, 5) is 23.8. The van der Waals surface area contributed by atoms with Crippen LogP contribution in [0.1, 0.15) is 27.7 Å². The number of cyclic esters (lactones) is 1. The maximum Gasteiger partial charge on any atom is 0.419 e. The maximum absolute atomic E-state index is 11.6. The van der Waals surface area contributed by atoms with Crippen LogP contribution in [0, 0.1) is 5.92 Å². The van der Waals surface area contributed by atoms with Gasteiger partial charge in [-0.25, -0.2) is 14.5 Å². The van der Waals surface area contributed by atoms with Gasteiger partial charge in [0.1, 0.15) is 5.60 Å². The minimum atomic E-state index is -0.640. The van der Waals surface area contributed by atoms with Gasteiger partial charge in [-0.1, -0.05) is 6.92 Å². The van der Waals surface area contributed by atoms with Gasteiger partial charge in [-0.15, -0.1) is 0 Å². The fourth-order valence-electron chi connectivity index (χ4n) is 1.20. The summed E-state index contributed by atoms with van der Waals surface area (Å²) < 4.78 is 9.91. The van der Waals surface area contributed by atoms with Crippen molar-refractivity contribution in [2.75, 3.05) is 13.2 Å². The van der Waals surface area contributed by atoms with Crippen molar-refractivity contribution >= 4 is 12.2 Å². The molecule has 86 valence electrons. The lowest BCUT2D eigenvalue weighted by molar-refractivity contribution is 0.00304. The molecule has 0 spiro atoms. The van der Waals surface area contributed by atoms with E-state index in [1.807, 2.05) is 6.92 Å². The smallest absolute Gasteiger partial charge is 0.419 e. The number of carbonyl (C=O) groups excluding carboxylic acids is 2. The van der Waals surface area contributed by atoms with Crippen LogP contribution < -0.4 is 0 Å². The van der Waals surface area contributed by atoms with Gasteiger partial charge in [-0.05, 0) is 20.8 Å². The van der Waals surface area contributed by atoms with Crippen molar-refractivity contribution in [3.8, 4) is 0 Å². The third-order valence-electron chi connectivity index (χ3n) is 1.82. The SMILES string of the molecule is CC1COC(=O)N(C(=O)OC(C)(C)C)C1. The zero-order chi connectivity index (χ0) is 11.6. The second-order valence-electron chi connectivity index (χ2n) is 4.77. The third kappa shape index (κ3) is 3.42. The molecule has 0 saturated carbocycles. The zero-order valence-electron chi connectivity index (χ0n) is 9.57. The average Bonchev–Trinajstić information content (AvgIpc) is 2.06. The van der Waals surface area contributed by atoms with E-state index < -0.39 is 17.8 Å².